The Morgan fingerprint density at radius 3 is 2.36 bits per heavy atom. The van der Waals surface area contributed by atoms with Gasteiger partial charge in [-0.2, -0.15) is 0 Å². The van der Waals surface area contributed by atoms with E-state index in [4.69, 9.17) is 5.11 Å². The summed E-state index contributed by atoms with van der Waals surface area (Å²) in [6.07, 6.45) is 7.88. The Hall–Kier alpha value is -2.03. The molecule has 0 aromatic heterocycles. The van der Waals surface area contributed by atoms with E-state index in [-0.39, 0.29) is 17.6 Å². The summed E-state index contributed by atoms with van der Waals surface area (Å²) in [6, 6.07) is 14.0. The SMILES string of the molecule is CCCCC1(CCCC)CN(c2ccccc2)c2cc(SC)c(CNCCC(=O)O)cc2S(=O)(=O)C1. The molecule has 2 N–H and O–H groups in total. The molecule has 0 unspecified atom stereocenters. The number of unbranched alkanes of at least 4 members (excludes halogenated alkanes) is 2. The summed E-state index contributed by atoms with van der Waals surface area (Å²) in [4.78, 5) is 14.5. The first-order chi connectivity index (χ1) is 17.2. The van der Waals surface area contributed by atoms with E-state index in [1.165, 1.54) is 0 Å². The number of carboxylic acid groups (broad SMARTS) is 1. The molecule has 0 amide bonds. The Balaban J connectivity index is 2.14. The molecule has 6 nitrogen and oxygen atoms in total. The van der Waals surface area contributed by atoms with Crippen molar-refractivity contribution in [3.63, 3.8) is 0 Å². The van der Waals surface area contributed by atoms with Crippen LogP contribution in [0.15, 0.2) is 52.3 Å². The van der Waals surface area contributed by atoms with E-state index in [9.17, 15) is 13.2 Å². The number of nitrogens with one attached hydrogen (secondary N) is 1. The fourth-order valence-electron chi connectivity index (χ4n) is 5.11. The van der Waals surface area contributed by atoms with Crippen LogP contribution in [0.3, 0.4) is 0 Å². The van der Waals surface area contributed by atoms with Crippen LogP contribution >= 0.6 is 11.8 Å². The van der Waals surface area contributed by atoms with Gasteiger partial charge >= 0.3 is 5.97 Å². The summed E-state index contributed by atoms with van der Waals surface area (Å²) in [5.41, 5.74) is 2.32. The lowest BCUT2D eigenvalue weighted by atomic mass is 9.79. The Morgan fingerprint density at radius 2 is 1.78 bits per heavy atom. The number of nitrogens with zero attached hydrogens (tertiary/aromatic N) is 1. The number of carbonyl (C=O) groups is 1. The van der Waals surface area contributed by atoms with Gasteiger partial charge in [-0.25, -0.2) is 8.42 Å². The van der Waals surface area contributed by atoms with Crippen LogP contribution < -0.4 is 10.2 Å². The number of carboxylic acids is 1. The van der Waals surface area contributed by atoms with Gasteiger partial charge in [0, 0.05) is 35.6 Å². The van der Waals surface area contributed by atoms with Crippen molar-refractivity contribution in [2.45, 2.75) is 75.1 Å². The Labute approximate surface area is 220 Å². The van der Waals surface area contributed by atoms with E-state index >= 15 is 0 Å². The topological polar surface area (TPSA) is 86.7 Å². The maximum atomic E-state index is 14.1. The lowest BCUT2D eigenvalue weighted by Gasteiger charge is -2.37. The standard InChI is InChI=1S/C28H40N2O4S2/c1-4-6-14-28(15-7-5-2)20-30(23-11-9-8-10-12-23)24-18-25(35-3)22(19-29-16-13-27(31)32)17-26(24)36(33,34)21-28/h8-12,17-18,29H,4-7,13-16,19-21H2,1-3H3,(H,31,32). The van der Waals surface area contributed by atoms with Gasteiger partial charge in [-0.3, -0.25) is 4.79 Å². The number of sulfone groups is 1. The molecule has 0 spiro atoms. The molecule has 3 rings (SSSR count). The minimum Gasteiger partial charge on any atom is -0.481 e. The van der Waals surface area contributed by atoms with E-state index in [2.05, 4.69) is 36.2 Å². The molecular weight excluding hydrogens is 492 g/mol. The minimum absolute atomic E-state index is 0.0248. The van der Waals surface area contributed by atoms with E-state index < -0.39 is 15.8 Å². The molecule has 8 heteroatoms. The highest BCUT2D eigenvalue weighted by molar-refractivity contribution is 7.98. The molecule has 1 heterocycles. The van der Waals surface area contributed by atoms with Crippen molar-refractivity contribution in [2.24, 2.45) is 5.41 Å². The van der Waals surface area contributed by atoms with E-state index in [1.54, 1.807) is 11.8 Å². The number of anilines is 2. The maximum absolute atomic E-state index is 14.1. The molecule has 2 aromatic carbocycles. The first-order valence-electron chi connectivity index (χ1n) is 12.9. The minimum atomic E-state index is -3.55. The zero-order valence-electron chi connectivity index (χ0n) is 21.8. The maximum Gasteiger partial charge on any atom is 0.304 e. The fourth-order valence-corrected chi connectivity index (χ4v) is 7.89. The van der Waals surface area contributed by atoms with Crippen LogP contribution in [-0.4, -0.2) is 44.6 Å². The molecule has 0 saturated heterocycles. The molecule has 2 aromatic rings. The monoisotopic (exact) mass is 532 g/mol. The van der Waals surface area contributed by atoms with Crippen molar-refractivity contribution >= 4 is 38.9 Å². The molecule has 0 bridgehead atoms. The van der Waals surface area contributed by atoms with Crippen LogP contribution in [0.5, 0.6) is 0 Å². The number of thioether (sulfide) groups is 1. The molecule has 0 saturated carbocycles. The van der Waals surface area contributed by atoms with Crippen LogP contribution in [0.2, 0.25) is 0 Å². The van der Waals surface area contributed by atoms with Crippen molar-refractivity contribution in [1.82, 2.24) is 5.32 Å². The number of aliphatic carboxylic acids is 1. The molecule has 1 aliphatic rings. The third-order valence-electron chi connectivity index (χ3n) is 7.00. The summed E-state index contributed by atoms with van der Waals surface area (Å²) >= 11 is 1.59. The third-order valence-corrected chi connectivity index (χ3v) is 9.81. The first-order valence-corrected chi connectivity index (χ1v) is 15.8. The van der Waals surface area contributed by atoms with Crippen molar-refractivity contribution in [2.75, 3.05) is 30.0 Å². The summed E-state index contributed by atoms with van der Waals surface area (Å²) < 4.78 is 28.1. The van der Waals surface area contributed by atoms with Crippen LogP contribution in [0, 0.1) is 5.41 Å². The molecule has 36 heavy (non-hydrogen) atoms. The highest BCUT2D eigenvalue weighted by atomic mass is 32.2. The van der Waals surface area contributed by atoms with E-state index in [1.807, 2.05) is 36.6 Å². The molecular formula is C28H40N2O4S2. The van der Waals surface area contributed by atoms with Gasteiger partial charge in [-0.1, -0.05) is 57.7 Å². The molecule has 1 aliphatic heterocycles. The van der Waals surface area contributed by atoms with Crippen molar-refractivity contribution in [3.8, 4) is 0 Å². The molecule has 0 radical (unpaired) electrons. The van der Waals surface area contributed by atoms with Crippen LogP contribution in [0.1, 0.15) is 64.4 Å². The largest absolute Gasteiger partial charge is 0.481 e. The number of hydrogen-bond acceptors (Lipinski definition) is 6. The fraction of sp³-hybridized carbons (Fsp3) is 0.536. The van der Waals surface area contributed by atoms with Crippen molar-refractivity contribution < 1.29 is 18.3 Å². The lowest BCUT2D eigenvalue weighted by Crippen LogP contribution is -2.38. The van der Waals surface area contributed by atoms with Crippen LogP contribution in [-0.2, 0) is 21.2 Å². The van der Waals surface area contributed by atoms with Gasteiger partial charge in [0.25, 0.3) is 0 Å². The van der Waals surface area contributed by atoms with Gasteiger partial charge in [0.05, 0.1) is 22.8 Å². The van der Waals surface area contributed by atoms with Gasteiger partial charge in [0.15, 0.2) is 9.84 Å². The second-order valence-electron chi connectivity index (χ2n) is 9.84. The van der Waals surface area contributed by atoms with Gasteiger partial charge in [0.1, 0.15) is 0 Å². The van der Waals surface area contributed by atoms with E-state index in [0.29, 0.717) is 24.5 Å². The predicted molar refractivity (Wildman–Crippen MR) is 149 cm³/mol. The third kappa shape index (κ3) is 7.05. The molecule has 0 atom stereocenters. The molecule has 0 aliphatic carbocycles. The molecule has 0 fully saturated rings. The number of para-hydroxylation sites is 1. The van der Waals surface area contributed by atoms with E-state index in [0.717, 1.165) is 60.4 Å². The summed E-state index contributed by atoms with van der Waals surface area (Å²) in [7, 11) is -3.55. The second-order valence-corrected chi connectivity index (χ2v) is 12.6. The average molecular weight is 533 g/mol. The number of rotatable bonds is 13. The zero-order chi connectivity index (χ0) is 26.2. The van der Waals surface area contributed by atoms with Gasteiger partial charge in [0.2, 0.25) is 0 Å². The van der Waals surface area contributed by atoms with Gasteiger partial charge in [-0.05, 0) is 48.9 Å². The summed E-state index contributed by atoms with van der Waals surface area (Å²) in [6.45, 7) is 5.76. The predicted octanol–water partition coefficient (Wildman–Crippen LogP) is 6.27. The van der Waals surface area contributed by atoms with Crippen LogP contribution in [0.25, 0.3) is 0 Å². The van der Waals surface area contributed by atoms with Crippen molar-refractivity contribution in [3.05, 3.63) is 48.0 Å². The zero-order valence-corrected chi connectivity index (χ0v) is 23.4. The highest BCUT2D eigenvalue weighted by Gasteiger charge is 2.42. The number of hydrogen-bond donors (Lipinski definition) is 2. The summed E-state index contributed by atoms with van der Waals surface area (Å²) in [5.74, 6) is -0.702. The Morgan fingerprint density at radius 1 is 1.11 bits per heavy atom. The van der Waals surface area contributed by atoms with Gasteiger partial charge < -0.3 is 15.3 Å². The van der Waals surface area contributed by atoms with Crippen molar-refractivity contribution in [1.29, 1.82) is 0 Å². The molecule has 198 valence electrons. The normalized spacial score (nSPS) is 16.4. The lowest BCUT2D eigenvalue weighted by molar-refractivity contribution is -0.136. The smallest absolute Gasteiger partial charge is 0.304 e. The first kappa shape index (κ1) is 28.5. The summed E-state index contributed by atoms with van der Waals surface area (Å²) in [5, 5.41) is 12.1. The quantitative estimate of drug-likeness (QED) is 0.232. The highest BCUT2D eigenvalue weighted by Crippen LogP contribution is 2.46. The van der Waals surface area contributed by atoms with Gasteiger partial charge in [-0.15, -0.1) is 11.8 Å². The average Bonchev–Trinajstić information content (AvgIpc) is 2.96. The Bertz CT molecular complexity index is 1110. The second kappa shape index (κ2) is 13.0. The Kier molecular flexibility index (Phi) is 10.3. The number of fused-ring (bicyclic) bond motifs is 1. The van der Waals surface area contributed by atoms with Crippen LogP contribution in [0.4, 0.5) is 11.4 Å². The number of benzene rings is 2.